The molecule has 11 heteroatoms. The first-order chi connectivity index (χ1) is 12.9. The lowest BCUT2D eigenvalue weighted by Gasteiger charge is -2.10. The van der Waals surface area contributed by atoms with Crippen molar-refractivity contribution in [3.63, 3.8) is 0 Å². The average Bonchev–Trinajstić information content (AvgIpc) is 3.40. The number of amides is 2. The first kappa shape index (κ1) is 24.6. The number of nitrogens with one attached hydrogen (secondary N) is 2. The van der Waals surface area contributed by atoms with Crippen LogP contribution in [0.3, 0.4) is 0 Å². The summed E-state index contributed by atoms with van der Waals surface area (Å²) in [6.07, 6.45) is 0.387. The third-order valence-corrected chi connectivity index (χ3v) is 4.68. The smallest absolute Gasteiger partial charge is 0.262 e. The van der Waals surface area contributed by atoms with Gasteiger partial charge in [-0.3, -0.25) is 9.59 Å². The lowest BCUT2D eigenvalue weighted by molar-refractivity contribution is -0.122. The molecule has 1 fully saturated rings. The second-order valence-corrected chi connectivity index (χ2v) is 6.91. The van der Waals surface area contributed by atoms with E-state index in [-0.39, 0.29) is 42.8 Å². The third kappa shape index (κ3) is 8.27. The summed E-state index contributed by atoms with van der Waals surface area (Å²) in [4.78, 5) is 23.7. The molecule has 1 aliphatic rings. The molecule has 0 aromatic heterocycles. The van der Waals surface area contributed by atoms with Crippen molar-refractivity contribution in [3.05, 3.63) is 41.3 Å². The Labute approximate surface area is 179 Å². The van der Waals surface area contributed by atoms with Gasteiger partial charge in [0.1, 0.15) is 17.6 Å². The van der Waals surface area contributed by atoms with Crippen LogP contribution in [-0.2, 0) is 13.8 Å². The van der Waals surface area contributed by atoms with Crippen LogP contribution in [0.5, 0.6) is 5.75 Å². The summed E-state index contributed by atoms with van der Waals surface area (Å²) in [5, 5.41) is 5.32. The molecule has 2 unspecified atom stereocenters. The number of ether oxygens (including phenoxy) is 1. The lowest BCUT2D eigenvalue weighted by Crippen LogP contribution is -2.33. The number of carbonyl (C=O) groups excluding carboxylic acids is 2. The second kappa shape index (κ2) is 12.2. The molecule has 2 amide bonds. The van der Waals surface area contributed by atoms with Gasteiger partial charge in [0.2, 0.25) is 5.91 Å². The van der Waals surface area contributed by atoms with Gasteiger partial charge in [0.25, 0.3) is 5.91 Å². The number of nitrogens with zero attached hydrogens (tertiary/aromatic N) is 1. The van der Waals surface area contributed by atoms with Gasteiger partial charge >= 0.3 is 0 Å². The van der Waals surface area contributed by atoms with Gasteiger partial charge in [-0.1, -0.05) is 18.2 Å². The van der Waals surface area contributed by atoms with Gasteiger partial charge in [0, 0.05) is 31.3 Å². The van der Waals surface area contributed by atoms with Crippen molar-refractivity contribution in [1.82, 2.24) is 14.9 Å². The zero-order valence-corrected chi connectivity index (χ0v) is 17.9. The van der Waals surface area contributed by atoms with Crippen molar-refractivity contribution >= 4 is 49.1 Å². The molecule has 2 N–H and O–H groups in total. The Bertz CT molecular complexity index is 711. The number of benzene rings is 1. The molecule has 156 valence electrons. The zero-order valence-electron chi connectivity index (χ0n) is 15.3. The summed E-state index contributed by atoms with van der Waals surface area (Å²) >= 11 is 6.76. The van der Waals surface area contributed by atoms with E-state index in [0.717, 1.165) is 6.07 Å². The highest BCUT2D eigenvalue weighted by atomic mass is 35.5. The van der Waals surface area contributed by atoms with Gasteiger partial charge in [-0.25, -0.2) is 8.70 Å². The molecule has 0 bridgehead atoms. The Kier molecular flexibility index (Phi) is 10.7. The van der Waals surface area contributed by atoms with Crippen LogP contribution in [0.4, 0.5) is 4.39 Å². The fourth-order valence-corrected chi connectivity index (χ4v) is 2.77. The molecule has 0 radical (unpaired) electrons. The molecule has 28 heavy (non-hydrogen) atoms. The monoisotopic (exact) mass is 451 g/mol. The number of halogens is 2. The minimum atomic E-state index is -0.622. The van der Waals surface area contributed by atoms with Crippen LogP contribution in [0.15, 0.2) is 30.5 Å². The molecule has 0 aliphatic carbocycles. The minimum Gasteiger partial charge on any atom is -0.484 e. The SMILES string of the molecule is C=C(CCNC(=O)C1CN1SOCC)NC(=O)COc1ccc(Cl)c(F)c1.S. The highest BCUT2D eigenvalue weighted by molar-refractivity contribution is 7.92. The Morgan fingerprint density at radius 2 is 2.21 bits per heavy atom. The van der Waals surface area contributed by atoms with Crippen LogP contribution in [0.2, 0.25) is 5.02 Å². The predicted molar refractivity (Wildman–Crippen MR) is 112 cm³/mol. The summed E-state index contributed by atoms with van der Waals surface area (Å²) in [5.74, 6) is -0.940. The Morgan fingerprint density at radius 1 is 1.46 bits per heavy atom. The second-order valence-electron chi connectivity index (χ2n) is 5.65. The standard InChI is InChI=1S/C17H21ClFN3O4S.H2S/c1-3-26-27-22-9-15(22)17(24)20-7-6-11(2)21-16(23)10-25-12-4-5-13(18)14(19)8-12;/h4-5,8,15H,2-3,6-7,9-10H2,1H3,(H,20,24)(H,21,23);1H2. The summed E-state index contributed by atoms with van der Waals surface area (Å²) in [7, 11) is 0. The fourth-order valence-electron chi connectivity index (χ4n) is 2.01. The minimum absolute atomic E-state index is 0. The van der Waals surface area contributed by atoms with Gasteiger partial charge in [-0.15, -0.1) is 0 Å². The molecule has 7 nitrogen and oxygen atoms in total. The van der Waals surface area contributed by atoms with Crippen LogP contribution in [-0.4, -0.2) is 48.5 Å². The maximum absolute atomic E-state index is 13.3. The van der Waals surface area contributed by atoms with E-state index >= 15 is 0 Å². The lowest BCUT2D eigenvalue weighted by atomic mass is 10.3. The van der Waals surface area contributed by atoms with Crippen LogP contribution in [0, 0.1) is 5.82 Å². The highest BCUT2D eigenvalue weighted by Crippen LogP contribution is 2.28. The molecule has 2 atom stereocenters. The van der Waals surface area contributed by atoms with E-state index in [0.29, 0.717) is 31.8 Å². The normalized spacial score (nSPS) is 17.2. The van der Waals surface area contributed by atoms with Crippen molar-refractivity contribution in [2.45, 2.75) is 19.4 Å². The summed E-state index contributed by atoms with van der Waals surface area (Å²) in [5.41, 5.74) is 0.447. The summed E-state index contributed by atoms with van der Waals surface area (Å²) in [6, 6.07) is 3.73. The molecule has 0 spiro atoms. The number of carbonyl (C=O) groups is 2. The van der Waals surface area contributed by atoms with E-state index < -0.39 is 11.7 Å². The van der Waals surface area contributed by atoms with Crippen molar-refractivity contribution in [2.75, 3.05) is 26.3 Å². The van der Waals surface area contributed by atoms with E-state index in [1.54, 1.807) is 0 Å². The van der Waals surface area contributed by atoms with Crippen molar-refractivity contribution in [1.29, 1.82) is 0 Å². The molecule has 1 aromatic carbocycles. The van der Waals surface area contributed by atoms with Crippen LogP contribution < -0.4 is 15.4 Å². The Hall–Kier alpha value is -1.46. The maximum atomic E-state index is 13.3. The predicted octanol–water partition coefficient (Wildman–Crippen LogP) is 2.39. The largest absolute Gasteiger partial charge is 0.484 e. The Morgan fingerprint density at radius 3 is 2.89 bits per heavy atom. The van der Waals surface area contributed by atoms with Crippen LogP contribution >= 0.6 is 37.3 Å². The fraction of sp³-hybridized carbons (Fsp3) is 0.412. The summed E-state index contributed by atoms with van der Waals surface area (Å²) in [6.45, 7) is 6.90. The highest BCUT2D eigenvalue weighted by Gasteiger charge is 2.41. The first-order valence-electron chi connectivity index (χ1n) is 8.30. The van der Waals surface area contributed by atoms with Crippen LogP contribution in [0.1, 0.15) is 13.3 Å². The molecule has 1 heterocycles. The van der Waals surface area contributed by atoms with Gasteiger partial charge < -0.3 is 19.6 Å². The molecule has 1 aliphatic heterocycles. The van der Waals surface area contributed by atoms with Crippen molar-refractivity contribution < 1.29 is 22.9 Å². The van der Waals surface area contributed by atoms with Gasteiger partial charge in [0.05, 0.1) is 23.9 Å². The van der Waals surface area contributed by atoms with Gasteiger partial charge in [0.15, 0.2) is 6.61 Å². The molecular weight excluding hydrogens is 429 g/mol. The molecule has 1 saturated heterocycles. The molecular formula is C17H23ClFN3O4S2. The number of hydrogen-bond donors (Lipinski definition) is 2. The molecule has 2 rings (SSSR count). The molecule has 1 aromatic rings. The Balaban J connectivity index is 0.00000392. The van der Waals surface area contributed by atoms with Crippen LogP contribution in [0.25, 0.3) is 0 Å². The first-order valence-corrected chi connectivity index (χ1v) is 9.37. The number of rotatable bonds is 11. The van der Waals surface area contributed by atoms with Gasteiger partial charge in [-0.05, 0) is 19.1 Å². The summed E-state index contributed by atoms with van der Waals surface area (Å²) < 4.78 is 25.5. The van der Waals surface area contributed by atoms with E-state index in [4.69, 9.17) is 20.5 Å². The van der Waals surface area contributed by atoms with E-state index in [1.807, 2.05) is 11.2 Å². The topological polar surface area (TPSA) is 79.7 Å². The van der Waals surface area contributed by atoms with Gasteiger partial charge in [-0.2, -0.15) is 13.5 Å². The average molecular weight is 452 g/mol. The quantitative estimate of drug-likeness (QED) is 0.305. The number of hydrogen-bond acceptors (Lipinski definition) is 6. The van der Waals surface area contributed by atoms with Crippen molar-refractivity contribution in [3.8, 4) is 5.75 Å². The maximum Gasteiger partial charge on any atom is 0.262 e. The van der Waals surface area contributed by atoms with Crippen molar-refractivity contribution in [2.24, 2.45) is 0 Å². The zero-order chi connectivity index (χ0) is 19.8. The van der Waals surface area contributed by atoms with E-state index in [2.05, 4.69) is 17.2 Å². The molecule has 0 saturated carbocycles. The third-order valence-electron chi connectivity index (χ3n) is 3.44. The van der Waals surface area contributed by atoms with E-state index in [9.17, 15) is 14.0 Å². The van der Waals surface area contributed by atoms with E-state index in [1.165, 1.54) is 24.4 Å².